The van der Waals surface area contributed by atoms with Crippen LogP contribution in [0.2, 0.25) is 0 Å². The molecule has 2 rings (SSSR count). The minimum atomic E-state index is -4.77. The molecule has 2 aromatic carbocycles. The van der Waals surface area contributed by atoms with Gasteiger partial charge in [0.1, 0.15) is 23.3 Å². The van der Waals surface area contributed by atoms with Crippen LogP contribution in [-0.2, 0) is 0 Å². The van der Waals surface area contributed by atoms with Crippen molar-refractivity contribution in [2.45, 2.75) is 6.36 Å². The fraction of sp³-hybridized carbons (Fsp3) is 0.0714. The van der Waals surface area contributed by atoms with Gasteiger partial charge >= 0.3 is 6.36 Å². The van der Waals surface area contributed by atoms with Crippen LogP contribution in [0.3, 0.4) is 0 Å². The molecule has 7 heteroatoms. The van der Waals surface area contributed by atoms with Crippen LogP contribution in [0.1, 0.15) is 5.56 Å². The Morgan fingerprint density at radius 3 is 2.38 bits per heavy atom. The molecule has 0 saturated carbocycles. The Bertz CT molecular complexity index is 695. The van der Waals surface area contributed by atoms with E-state index in [0.29, 0.717) is 11.3 Å². The molecular formula is C14H7BrF3NO2. The van der Waals surface area contributed by atoms with Crippen molar-refractivity contribution in [1.29, 1.82) is 5.26 Å². The van der Waals surface area contributed by atoms with Crippen molar-refractivity contribution >= 4 is 15.9 Å². The van der Waals surface area contributed by atoms with Crippen molar-refractivity contribution in [2.75, 3.05) is 0 Å². The molecule has 21 heavy (non-hydrogen) atoms. The van der Waals surface area contributed by atoms with E-state index in [0.717, 1.165) is 6.07 Å². The van der Waals surface area contributed by atoms with Crippen LogP contribution in [0.15, 0.2) is 46.9 Å². The number of ether oxygens (including phenoxy) is 2. The van der Waals surface area contributed by atoms with Gasteiger partial charge < -0.3 is 9.47 Å². The molecule has 0 radical (unpaired) electrons. The lowest BCUT2D eigenvalue weighted by Gasteiger charge is -2.12. The Balaban J connectivity index is 2.23. The molecule has 0 heterocycles. The summed E-state index contributed by atoms with van der Waals surface area (Å²) in [7, 11) is 0. The summed E-state index contributed by atoms with van der Waals surface area (Å²) >= 11 is 2.98. The van der Waals surface area contributed by atoms with Crippen molar-refractivity contribution in [1.82, 2.24) is 0 Å². The summed E-state index contributed by atoms with van der Waals surface area (Å²) in [4.78, 5) is 0. The van der Waals surface area contributed by atoms with Crippen molar-refractivity contribution in [3.63, 3.8) is 0 Å². The van der Waals surface area contributed by atoms with Crippen LogP contribution in [-0.4, -0.2) is 6.36 Å². The zero-order valence-corrected chi connectivity index (χ0v) is 11.9. The molecule has 2 aromatic rings. The number of hydrogen-bond donors (Lipinski definition) is 0. The maximum absolute atomic E-state index is 12.2. The molecule has 0 spiro atoms. The van der Waals surface area contributed by atoms with E-state index < -0.39 is 6.36 Å². The van der Waals surface area contributed by atoms with Crippen molar-refractivity contribution < 1.29 is 22.6 Å². The third-order valence-electron chi connectivity index (χ3n) is 2.36. The maximum atomic E-state index is 12.2. The molecule has 0 N–H and O–H groups in total. The molecule has 108 valence electrons. The second kappa shape index (κ2) is 6.06. The molecule has 0 saturated heterocycles. The predicted octanol–water partition coefficient (Wildman–Crippen LogP) is 5.01. The SMILES string of the molecule is N#Cc1ccccc1Oc1ccc(OC(F)(F)F)c(Br)c1. The number of para-hydroxylation sites is 1. The van der Waals surface area contributed by atoms with Crippen molar-refractivity contribution in [3.05, 3.63) is 52.5 Å². The fourth-order valence-electron chi connectivity index (χ4n) is 1.53. The van der Waals surface area contributed by atoms with E-state index in [-0.39, 0.29) is 16.0 Å². The minimum Gasteiger partial charge on any atom is -0.456 e. The van der Waals surface area contributed by atoms with Crippen LogP contribution in [0.5, 0.6) is 17.2 Å². The highest BCUT2D eigenvalue weighted by Gasteiger charge is 2.32. The van der Waals surface area contributed by atoms with Gasteiger partial charge in [-0.1, -0.05) is 12.1 Å². The lowest BCUT2D eigenvalue weighted by Crippen LogP contribution is -2.17. The first-order valence-corrected chi connectivity index (χ1v) is 6.40. The lowest BCUT2D eigenvalue weighted by molar-refractivity contribution is -0.274. The Morgan fingerprint density at radius 1 is 1.05 bits per heavy atom. The molecule has 0 aliphatic carbocycles. The summed E-state index contributed by atoms with van der Waals surface area (Å²) in [6.45, 7) is 0. The summed E-state index contributed by atoms with van der Waals surface area (Å²) in [5, 5.41) is 8.94. The van der Waals surface area contributed by atoms with Crippen LogP contribution in [0, 0.1) is 11.3 Å². The lowest BCUT2D eigenvalue weighted by atomic mass is 10.2. The first kappa shape index (κ1) is 15.2. The monoisotopic (exact) mass is 357 g/mol. The quantitative estimate of drug-likeness (QED) is 0.775. The third-order valence-corrected chi connectivity index (χ3v) is 2.98. The molecule has 0 aliphatic rings. The number of alkyl halides is 3. The molecule has 0 fully saturated rings. The number of benzene rings is 2. The zero-order chi connectivity index (χ0) is 15.5. The molecule has 0 aromatic heterocycles. The van der Waals surface area contributed by atoms with Crippen LogP contribution in [0.25, 0.3) is 0 Å². The Kier molecular flexibility index (Phi) is 4.38. The largest absolute Gasteiger partial charge is 0.573 e. The normalized spacial score (nSPS) is 10.8. The average molecular weight is 358 g/mol. The highest BCUT2D eigenvalue weighted by Crippen LogP contribution is 2.35. The average Bonchev–Trinajstić information content (AvgIpc) is 2.41. The summed E-state index contributed by atoms with van der Waals surface area (Å²) in [5.74, 6) is 0.221. The second-order valence-electron chi connectivity index (χ2n) is 3.85. The highest BCUT2D eigenvalue weighted by atomic mass is 79.9. The van der Waals surface area contributed by atoms with E-state index in [4.69, 9.17) is 10.00 Å². The zero-order valence-electron chi connectivity index (χ0n) is 10.3. The van der Waals surface area contributed by atoms with Gasteiger partial charge in [-0.2, -0.15) is 5.26 Å². The summed E-state index contributed by atoms with van der Waals surface area (Å²) in [6.07, 6.45) is -4.77. The van der Waals surface area contributed by atoms with E-state index in [1.807, 2.05) is 6.07 Å². The van der Waals surface area contributed by atoms with E-state index in [2.05, 4.69) is 20.7 Å². The van der Waals surface area contributed by atoms with Crippen LogP contribution < -0.4 is 9.47 Å². The topological polar surface area (TPSA) is 42.2 Å². The highest BCUT2D eigenvalue weighted by molar-refractivity contribution is 9.10. The van der Waals surface area contributed by atoms with Gasteiger partial charge in [-0.25, -0.2) is 0 Å². The summed E-state index contributed by atoms with van der Waals surface area (Å²) in [6, 6.07) is 12.3. The standard InChI is InChI=1S/C14H7BrF3NO2/c15-11-7-10(5-6-13(11)21-14(16,17)18)20-12-4-2-1-3-9(12)8-19/h1-7H. The van der Waals surface area contributed by atoms with Gasteiger partial charge in [0.05, 0.1) is 10.0 Å². The molecule has 3 nitrogen and oxygen atoms in total. The second-order valence-corrected chi connectivity index (χ2v) is 4.70. The van der Waals surface area contributed by atoms with Gasteiger partial charge in [0.2, 0.25) is 0 Å². The van der Waals surface area contributed by atoms with Crippen molar-refractivity contribution in [3.8, 4) is 23.3 Å². The number of nitriles is 1. The van der Waals surface area contributed by atoms with Crippen molar-refractivity contribution in [2.24, 2.45) is 0 Å². The number of rotatable bonds is 3. The smallest absolute Gasteiger partial charge is 0.456 e. The molecule has 0 aliphatic heterocycles. The van der Waals surface area contributed by atoms with Crippen LogP contribution >= 0.6 is 15.9 Å². The molecule has 0 bridgehead atoms. The van der Waals surface area contributed by atoms with E-state index >= 15 is 0 Å². The van der Waals surface area contributed by atoms with Gasteiger partial charge in [-0.3, -0.25) is 0 Å². The van der Waals surface area contributed by atoms with E-state index in [1.165, 1.54) is 12.1 Å². The molecular weight excluding hydrogens is 351 g/mol. The van der Waals surface area contributed by atoms with Gasteiger partial charge in [0.15, 0.2) is 0 Å². The van der Waals surface area contributed by atoms with E-state index in [9.17, 15) is 13.2 Å². The molecule has 0 unspecified atom stereocenters. The molecule has 0 amide bonds. The van der Waals surface area contributed by atoms with Gasteiger partial charge in [-0.15, -0.1) is 13.2 Å². The first-order valence-electron chi connectivity index (χ1n) is 5.61. The number of nitrogens with zero attached hydrogens (tertiary/aromatic N) is 1. The summed E-state index contributed by atoms with van der Waals surface area (Å²) < 4.78 is 45.9. The molecule has 0 atom stereocenters. The minimum absolute atomic E-state index is 0.0896. The van der Waals surface area contributed by atoms with E-state index in [1.54, 1.807) is 24.3 Å². The number of hydrogen-bond acceptors (Lipinski definition) is 3. The Hall–Kier alpha value is -2.20. The third kappa shape index (κ3) is 4.13. The summed E-state index contributed by atoms with van der Waals surface area (Å²) in [5.41, 5.74) is 0.323. The number of halogens is 4. The predicted molar refractivity (Wildman–Crippen MR) is 72.1 cm³/mol. The van der Waals surface area contributed by atoms with Gasteiger partial charge in [0, 0.05) is 0 Å². The van der Waals surface area contributed by atoms with Crippen LogP contribution in [0.4, 0.5) is 13.2 Å². The van der Waals surface area contributed by atoms with Gasteiger partial charge in [-0.05, 0) is 46.3 Å². The van der Waals surface area contributed by atoms with Gasteiger partial charge in [0.25, 0.3) is 0 Å². The first-order chi connectivity index (χ1) is 9.89. The fourth-order valence-corrected chi connectivity index (χ4v) is 1.97. The Labute approximate surface area is 126 Å². The maximum Gasteiger partial charge on any atom is 0.573 e. The Morgan fingerprint density at radius 2 is 1.76 bits per heavy atom.